The second-order valence-corrected chi connectivity index (χ2v) is 22.3. The standard InChI is InChI=1S/C51H104N4O2S2.C2H6/c1-7-9-11-13-15-17-19-21-23-25-27-29-31-33-35-37-45-55(5,6)47-39-41-51(57)53-43-49-59-58-48-42-52-50(56)40-38-46-54(3,4)44-36-34-32-30-28-26-24-22-20-18-16-14-12-10-8-2;1-2/h7-49H2,1-6H3;1-2H3/p+2. The predicted molar refractivity (Wildman–Crippen MR) is 279 cm³/mol. The normalized spacial score (nSPS) is 11.7. The minimum absolute atomic E-state index is 0.182. The molecule has 0 aliphatic heterocycles. The quantitative estimate of drug-likeness (QED) is 0.0363. The first-order valence-electron chi connectivity index (χ1n) is 27.0. The molecule has 8 heteroatoms. The van der Waals surface area contributed by atoms with Gasteiger partial charge >= 0.3 is 0 Å². The van der Waals surface area contributed by atoms with Gasteiger partial charge in [0, 0.05) is 50.3 Å². The van der Waals surface area contributed by atoms with Crippen LogP contribution in [0.2, 0.25) is 0 Å². The van der Waals surface area contributed by atoms with Crippen molar-refractivity contribution in [1.82, 2.24) is 10.6 Å². The summed E-state index contributed by atoms with van der Waals surface area (Å²) in [5.41, 5.74) is 0. The molecule has 0 spiro atoms. The van der Waals surface area contributed by atoms with Crippen molar-refractivity contribution in [1.29, 1.82) is 0 Å². The van der Waals surface area contributed by atoms with E-state index in [2.05, 4.69) is 52.7 Å². The van der Waals surface area contributed by atoms with Crippen LogP contribution in [0.4, 0.5) is 0 Å². The van der Waals surface area contributed by atoms with Gasteiger partial charge in [-0.25, -0.2) is 0 Å². The molecule has 2 amide bonds. The average Bonchev–Trinajstić information content (AvgIpc) is 3.23. The van der Waals surface area contributed by atoms with E-state index in [9.17, 15) is 9.59 Å². The Hall–Kier alpha value is -0.440. The zero-order valence-electron chi connectivity index (χ0n) is 42.9. The topological polar surface area (TPSA) is 58.2 Å². The molecule has 6 nitrogen and oxygen atoms in total. The summed E-state index contributed by atoms with van der Waals surface area (Å²) in [5.74, 6) is 2.17. The maximum Gasteiger partial charge on any atom is 0.220 e. The molecular weight excluding hydrogens is 789 g/mol. The minimum atomic E-state index is 0.182. The molecule has 0 aliphatic rings. The number of hydrogen-bond donors (Lipinski definition) is 2. The van der Waals surface area contributed by atoms with E-state index in [0.29, 0.717) is 25.9 Å². The third-order valence-electron chi connectivity index (χ3n) is 12.4. The number of rotatable bonds is 48. The molecule has 0 atom stereocenters. The second kappa shape index (κ2) is 49.0. The highest BCUT2D eigenvalue weighted by molar-refractivity contribution is 8.76. The van der Waals surface area contributed by atoms with Gasteiger partial charge in [0.2, 0.25) is 11.8 Å². The van der Waals surface area contributed by atoms with Crippen LogP contribution < -0.4 is 10.6 Å². The Morgan fingerprint density at radius 2 is 0.557 bits per heavy atom. The zero-order valence-corrected chi connectivity index (χ0v) is 44.6. The van der Waals surface area contributed by atoms with Gasteiger partial charge in [-0.1, -0.05) is 223 Å². The Labute approximate surface area is 392 Å². The van der Waals surface area contributed by atoms with E-state index in [1.54, 1.807) is 21.6 Å². The van der Waals surface area contributed by atoms with E-state index in [1.807, 2.05) is 13.8 Å². The Morgan fingerprint density at radius 1 is 0.344 bits per heavy atom. The SMILES string of the molecule is CC.CCCCCCCCCCCCCCCCCC[N+](C)(C)CCCC(=O)NCCSSCCNC(=O)CCC[N+](C)(C)CCCCCCCCCCCCCCCCC. The molecule has 0 aromatic heterocycles. The predicted octanol–water partition coefficient (Wildman–Crippen LogP) is 15.5. The third-order valence-corrected chi connectivity index (χ3v) is 14.8. The van der Waals surface area contributed by atoms with E-state index in [4.69, 9.17) is 0 Å². The van der Waals surface area contributed by atoms with Crippen LogP contribution in [0, 0.1) is 0 Å². The summed E-state index contributed by atoms with van der Waals surface area (Å²) >= 11 is 0. The van der Waals surface area contributed by atoms with Crippen molar-refractivity contribution >= 4 is 33.4 Å². The number of amides is 2. The number of quaternary nitrogens is 2. The van der Waals surface area contributed by atoms with E-state index in [0.717, 1.165) is 46.4 Å². The highest BCUT2D eigenvalue weighted by atomic mass is 33.1. The van der Waals surface area contributed by atoms with Crippen molar-refractivity contribution in [2.24, 2.45) is 0 Å². The van der Waals surface area contributed by atoms with Crippen LogP contribution in [0.5, 0.6) is 0 Å². The van der Waals surface area contributed by atoms with Gasteiger partial charge in [-0.2, -0.15) is 0 Å². The summed E-state index contributed by atoms with van der Waals surface area (Å²) in [7, 11) is 12.9. The fourth-order valence-electron chi connectivity index (χ4n) is 8.32. The number of unbranched alkanes of at least 4 members (excludes halogenated alkanes) is 29. The molecule has 0 radical (unpaired) electrons. The summed E-state index contributed by atoms with van der Waals surface area (Å²) in [4.78, 5) is 24.8. The smallest absolute Gasteiger partial charge is 0.220 e. The minimum Gasteiger partial charge on any atom is -0.355 e. The molecule has 366 valence electrons. The van der Waals surface area contributed by atoms with Crippen LogP contribution in [-0.4, -0.2) is 99.7 Å². The molecule has 0 heterocycles. The molecule has 2 N–H and O–H groups in total. The van der Waals surface area contributed by atoms with Crippen LogP contribution in [0.3, 0.4) is 0 Å². The molecular formula is C53H112N4O2S2+2. The molecule has 61 heavy (non-hydrogen) atoms. The first-order valence-corrected chi connectivity index (χ1v) is 29.5. The van der Waals surface area contributed by atoms with Gasteiger partial charge < -0.3 is 19.6 Å². The maximum atomic E-state index is 12.4. The molecule has 0 rings (SSSR count). The Bertz CT molecular complexity index is 903. The number of nitrogens with zero attached hydrogens (tertiary/aromatic N) is 2. The van der Waals surface area contributed by atoms with Gasteiger partial charge in [-0.3, -0.25) is 9.59 Å². The van der Waals surface area contributed by atoms with Crippen molar-refractivity contribution in [3.05, 3.63) is 0 Å². The van der Waals surface area contributed by atoms with E-state index in [1.165, 1.54) is 212 Å². The van der Waals surface area contributed by atoms with Crippen molar-refractivity contribution in [3.8, 4) is 0 Å². The Morgan fingerprint density at radius 3 is 0.803 bits per heavy atom. The molecule has 0 fully saturated rings. The van der Waals surface area contributed by atoms with Gasteiger partial charge in [-0.15, -0.1) is 0 Å². The Balaban J connectivity index is 0. The summed E-state index contributed by atoms with van der Waals surface area (Å²) in [6.07, 6.45) is 46.9. The van der Waals surface area contributed by atoms with Crippen LogP contribution >= 0.6 is 21.6 Å². The fourth-order valence-corrected chi connectivity index (χ4v) is 10.1. The summed E-state index contributed by atoms with van der Waals surface area (Å²) < 4.78 is 2.04. The number of hydrogen-bond acceptors (Lipinski definition) is 4. The van der Waals surface area contributed by atoms with Crippen LogP contribution in [0.15, 0.2) is 0 Å². The number of nitrogens with one attached hydrogen (secondary N) is 2. The highest BCUT2D eigenvalue weighted by Crippen LogP contribution is 2.20. The van der Waals surface area contributed by atoms with Crippen molar-refractivity contribution in [3.63, 3.8) is 0 Å². The van der Waals surface area contributed by atoms with Gasteiger partial charge in [-0.05, 0) is 25.7 Å². The van der Waals surface area contributed by atoms with Gasteiger partial charge in [0.05, 0.1) is 54.4 Å². The van der Waals surface area contributed by atoms with E-state index in [-0.39, 0.29) is 11.8 Å². The van der Waals surface area contributed by atoms with Gasteiger partial charge in [0.15, 0.2) is 0 Å². The number of carbonyl (C=O) groups excluding carboxylic acids is 2. The van der Waals surface area contributed by atoms with Crippen molar-refractivity contribution in [2.75, 3.05) is 79.0 Å². The third kappa shape index (κ3) is 52.1. The lowest BCUT2D eigenvalue weighted by atomic mass is 10.0. The highest BCUT2D eigenvalue weighted by Gasteiger charge is 2.16. The van der Waals surface area contributed by atoms with E-state index >= 15 is 0 Å². The first kappa shape index (κ1) is 62.6. The maximum absolute atomic E-state index is 12.4. The molecule has 0 aromatic carbocycles. The summed E-state index contributed by atoms with van der Waals surface area (Å²) in [6, 6.07) is 0. The summed E-state index contributed by atoms with van der Waals surface area (Å²) in [5, 5.41) is 6.20. The Kier molecular flexibility index (Phi) is 50.3. The fraction of sp³-hybridized carbons (Fsp3) is 0.962. The number of carbonyl (C=O) groups is 2. The molecule has 0 bridgehead atoms. The van der Waals surface area contributed by atoms with Crippen molar-refractivity contribution < 1.29 is 18.6 Å². The molecule has 0 aromatic rings. The molecule has 0 unspecified atom stereocenters. The van der Waals surface area contributed by atoms with Crippen LogP contribution in [0.25, 0.3) is 0 Å². The monoisotopic (exact) mass is 901 g/mol. The van der Waals surface area contributed by atoms with Crippen molar-refractivity contribution in [2.45, 2.75) is 252 Å². The molecule has 0 aliphatic carbocycles. The largest absolute Gasteiger partial charge is 0.355 e. The van der Waals surface area contributed by atoms with Gasteiger partial charge in [0.25, 0.3) is 0 Å². The molecule has 0 saturated heterocycles. The van der Waals surface area contributed by atoms with Gasteiger partial charge in [0.1, 0.15) is 0 Å². The lowest BCUT2D eigenvalue weighted by Gasteiger charge is -2.29. The lowest BCUT2D eigenvalue weighted by molar-refractivity contribution is -0.890. The first-order chi connectivity index (χ1) is 29.6. The van der Waals surface area contributed by atoms with E-state index < -0.39 is 0 Å². The second-order valence-electron chi connectivity index (χ2n) is 19.6. The van der Waals surface area contributed by atoms with Crippen LogP contribution in [-0.2, 0) is 9.59 Å². The van der Waals surface area contributed by atoms with Crippen LogP contribution in [0.1, 0.15) is 252 Å². The zero-order chi connectivity index (χ0) is 45.4. The summed E-state index contributed by atoms with van der Waals surface area (Å²) in [6.45, 7) is 14.6. The molecule has 0 saturated carbocycles. The lowest BCUT2D eigenvalue weighted by Crippen LogP contribution is -2.41. The average molecular weight is 902 g/mol.